The van der Waals surface area contributed by atoms with Crippen molar-refractivity contribution < 1.29 is 14.6 Å². The predicted octanol–water partition coefficient (Wildman–Crippen LogP) is 4.67. The van der Waals surface area contributed by atoms with Gasteiger partial charge in [0.15, 0.2) is 0 Å². The Kier molecular flexibility index (Phi) is 6.67. The summed E-state index contributed by atoms with van der Waals surface area (Å²) in [6.45, 7) is 9.37. The first-order chi connectivity index (χ1) is 13.2. The highest BCUT2D eigenvalue weighted by Gasteiger charge is 2.24. The van der Waals surface area contributed by atoms with E-state index < -0.39 is 14.2 Å². The van der Waals surface area contributed by atoms with E-state index in [-0.39, 0.29) is 6.04 Å². The Labute approximate surface area is 175 Å². The average molecular weight is 469 g/mol. The second-order valence-electron chi connectivity index (χ2n) is 8.56. The Bertz CT molecular complexity index is 836. The number of nitrogens with one attached hydrogen (secondary N) is 1. The first-order valence-corrected chi connectivity index (χ1v) is 14.2. The number of piperidine rings is 1. The molecular formula is C19H29BrN4O3Si. The number of rotatable bonds is 7. The number of carbonyl (C=O) groups is 1. The number of nitrogens with zero attached hydrogens (tertiary/aromatic N) is 3. The van der Waals surface area contributed by atoms with Crippen LogP contribution in [-0.2, 0) is 11.5 Å². The fourth-order valence-corrected chi connectivity index (χ4v) is 4.57. The van der Waals surface area contributed by atoms with Crippen LogP contribution in [0.2, 0.25) is 25.7 Å². The molecule has 0 aliphatic carbocycles. The molecule has 7 nitrogen and oxygen atoms in total. The molecule has 1 amide bonds. The van der Waals surface area contributed by atoms with Gasteiger partial charge in [-0.3, -0.25) is 0 Å². The van der Waals surface area contributed by atoms with Crippen molar-refractivity contribution in [3.63, 3.8) is 0 Å². The van der Waals surface area contributed by atoms with Crippen LogP contribution < -0.4 is 5.32 Å². The van der Waals surface area contributed by atoms with Gasteiger partial charge in [0.25, 0.3) is 0 Å². The normalized spacial score (nSPS) is 17.9. The summed E-state index contributed by atoms with van der Waals surface area (Å²) < 4.78 is 8.77. The molecule has 9 heteroatoms. The van der Waals surface area contributed by atoms with Gasteiger partial charge in [-0.2, -0.15) is 0 Å². The zero-order valence-electron chi connectivity index (χ0n) is 16.7. The fourth-order valence-electron chi connectivity index (χ4n) is 3.38. The molecule has 0 radical (unpaired) electrons. The van der Waals surface area contributed by atoms with Crippen LogP contribution in [0, 0.1) is 0 Å². The molecule has 0 aromatic carbocycles. The predicted molar refractivity (Wildman–Crippen MR) is 118 cm³/mol. The minimum absolute atomic E-state index is 0.0862. The highest BCUT2D eigenvalue weighted by Crippen LogP contribution is 2.32. The van der Waals surface area contributed by atoms with Gasteiger partial charge in [-0.1, -0.05) is 19.6 Å². The summed E-state index contributed by atoms with van der Waals surface area (Å²) in [5.41, 5.74) is 1.83. The molecule has 3 heterocycles. The van der Waals surface area contributed by atoms with Crippen molar-refractivity contribution in [2.75, 3.05) is 25.0 Å². The number of pyridine rings is 1. The van der Waals surface area contributed by atoms with Crippen LogP contribution in [0.1, 0.15) is 12.8 Å². The number of ether oxygens (including phenoxy) is 1. The van der Waals surface area contributed by atoms with E-state index >= 15 is 0 Å². The Morgan fingerprint density at radius 2 is 2.25 bits per heavy atom. The van der Waals surface area contributed by atoms with Gasteiger partial charge in [0.1, 0.15) is 12.4 Å². The number of likely N-dealkylation sites (tertiary alicyclic amines) is 1. The molecule has 2 aromatic rings. The lowest BCUT2D eigenvalue weighted by Crippen LogP contribution is -2.44. The molecule has 2 aromatic heterocycles. The first kappa shape index (κ1) is 21.1. The molecule has 0 saturated carbocycles. The van der Waals surface area contributed by atoms with Crippen LogP contribution >= 0.6 is 15.9 Å². The third-order valence-electron chi connectivity index (χ3n) is 5.01. The summed E-state index contributed by atoms with van der Waals surface area (Å²) in [6, 6.07) is 3.26. The van der Waals surface area contributed by atoms with Gasteiger partial charge in [0.2, 0.25) is 0 Å². The van der Waals surface area contributed by atoms with E-state index in [4.69, 9.17) is 4.74 Å². The molecular weight excluding hydrogens is 440 g/mol. The summed E-state index contributed by atoms with van der Waals surface area (Å²) in [6.07, 6.45) is 4.74. The minimum Gasteiger partial charge on any atom is -0.465 e. The van der Waals surface area contributed by atoms with Crippen LogP contribution in [0.4, 0.5) is 10.5 Å². The number of amides is 1. The van der Waals surface area contributed by atoms with E-state index in [1.165, 1.54) is 4.90 Å². The van der Waals surface area contributed by atoms with Gasteiger partial charge < -0.3 is 24.6 Å². The SMILES string of the molecule is C[Si](C)(C)CCOCn1ccc2c(NC3CCCN(C(=O)O)C3)c(Br)cnc21. The summed E-state index contributed by atoms with van der Waals surface area (Å²) >= 11 is 3.59. The maximum atomic E-state index is 11.3. The molecule has 1 aliphatic heterocycles. The van der Waals surface area contributed by atoms with E-state index in [9.17, 15) is 9.90 Å². The Balaban J connectivity index is 1.72. The van der Waals surface area contributed by atoms with E-state index in [2.05, 4.69) is 45.9 Å². The standard InChI is InChI=1S/C19H29BrN4O3Si/c1-28(2,3)10-9-27-13-24-8-6-15-17(16(20)11-21-18(15)24)22-14-5-4-7-23(12-14)19(25)26/h6,8,11,14H,4-5,7,9-10,12-13H2,1-3H3,(H,21,22)(H,25,26). The summed E-state index contributed by atoms with van der Waals surface area (Å²) in [4.78, 5) is 17.3. The Morgan fingerprint density at radius 3 is 2.96 bits per heavy atom. The number of anilines is 1. The first-order valence-electron chi connectivity index (χ1n) is 9.70. The summed E-state index contributed by atoms with van der Waals surface area (Å²) in [7, 11) is -1.10. The number of halogens is 1. The van der Waals surface area contributed by atoms with Crippen molar-refractivity contribution in [3.05, 3.63) is 22.9 Å². The number of aromatic nitrogens is 2. The summed E-state index contributed by atoms with van der Waals surface area (Å²) in [5, 5.41) is 13.8. The van der Waals surface area contributed by atoms with Crippen molar-refractivity contribution in [1.29, 1.82) is 0 Å². The van der Waals surface area contributed by atoms with Gasteiger partial charge in [-0.25, -0.2) is 9.78 Å². The smallest absolute Gasteiger partial charge is 0.407 e. The van der Waals surface area contributed by atoms with Crippen molar-refractivity contribution in [2.45, 2.75) is 51.3 Å². The second kappa shape index (κ2) is 8.83. The number of hydrogen-bond acceptors (Lipinski definition) is 4. The molecule has 154 valence electrons. The van der Waals surface area contributed by atoms with Gasteiger partial charge in [-0.15, -0.1) is 0 Å². The Hall–Kier alpha value is -1.58. The third kappa shape index (κ3) is 5.27. The van der Waals surface area contributed by atoms with Gasteiger partial charge >= 0.3 is 6.09 Å². The van der Waals surface area contributed by atoms with E-state index in [1.807, 2.05) is 16.8 Å². The van der Waals surface area contributed by atoms with Gasteiger partial charge in [-0.05, 0) is 40.9 Å². The molecule has 1 fully saturated rings. The molecule has 0 spiro atoms. The average Bonchev–Trinajstić information content (AvgIpc) is 3.04. The van der Waals surface area contributed by atoms with E-state index in [1.54, 1.807) is 6.20 Å². The van der Waals surface area contributed by atoms with E-state index in [0.29, 0.717) is 19.8 Å². The number of carboxylic acid groups (broad SMARTS) is 1. The maximum Gasteiger partial charge on any atom is 0.407 e. The monoisotopic (exact) mass is 468 g/mol. The van der Waals surface area contributed by atoms with Crippen LogP contribution in [0.25, 0.3) is 11.0 Å². The van der Waals surface area contributed by atoms with Crippen molar-refractivity contribution in [2.24, 2.45) is 0 Å². The fraction of sp³-hybridized carbons (Fsp3) is 0.579. The molecule has 28 heavy (non-hydrogen) atoms. The highest BCUT2D eigenvalue weighted by atomic mass is 79.9. The van der Waals surface area contributed by atoms with Crippen LogP contribution in [0.3, 0.4) is 0 Å². The molecule has 1 unspecified atom stereocenters. The third-order valence-corrected chi connectivity index (χ3v) is 7.31. The lowest BCUT2D eigenvalue weighted by Gasteiger charge is -2.32. The van der Waals surface area contributed by atoms with Gasteiger partial charge in [0.05, 0.1) is 10.2 Å². The lowest BCUT2D eigenvalue weighted by atomic mass is 10.1. The zero-order chi connectivity index (χ0) is 20.3. The lowest BCUT2D eigenvalue weighted by molar-refractivity contribution is 0.0899. The molecule has 0 bridgehead atoms. The number of hydrogen-bond donors (Lipinski definition) is 2. The molecule has 3 rings (SSSR count). The minimum atomic E-state index is -1.10. The number of fused-ring (bicyclic) bond motifs is 1. The van der Waals surface area contributed by atoms with Crippen molar-refractivity contribution in [1.82, 2.24) is 14.5 Å². The molecule has 2 N–H and O–H groups in total. The van der Waals surface area contributed by atoms with Crippen molar-refractivity contribution >= 4 is 46.8 Å². The molecule has 1 aliphatic rings. The van der Waals surface area contributed by atoms with Crippen LogP contribution in [0.15, 0.2) is 22.9 Å². The molecule has 1 saturated heterocycles. The van der Waals surface area contributed by atoms with E-state index in [0.717, 1.165) is 46.7 Å². The topological polar surface area (TPSA) is 79.6 Å². The second-order valence-corrected chi connectivity index (χ2v) is 15.0. The van der Waals surface area contributed by atoms with Crippen molar-refractivity contribution in [3.8, 4) is 0 Å². The quantitative estimate of drug-likeness (QED) is 0.455. The maximum absolute atomic E-state index is 11.3. The molecule has 1 atom stereocenters. The zero-order valence-corrected chi connectivity index (χ0v) is 19.3. The Morgan fingerprint density at radius 1 is 1.46 bits per heavy atom. The van der Waals surface area contributed by atoms with Crippen LogP contribution in [0.5, 0.6) is 0 Å². The highest BCUT2D eigenvalue weighted by molar-refractivity contribution is 9.10. The van der Waals surface area contributed by atoms with Gasteiger partial charge in [0, 0.05) is 51.6 Å². The summed E-state index contributed by atoms with van der Waals surface area (Å²) in [5.74, 6) is 0. The van der Waals surface area contributed by atoms with Crippen LogP contribution in [-0.4, -0.2) is 59.5 Å². The largest absolute Gasteiger partial charge is 0.465 e.